The summed E-state index contributed by atoms with van der Waals surface area (Å²) in [4.78, 5) is 25.5. The summed E-state index contributed by atoms with van der Waals surface area (Å²) in [5, 5.41) is 2.69. The van der Waals surface area contributed by atoms with E-state index in [2.05, 4.69) is 5.32 Å². The zero-order valence-electron chi connectivity index (χ0n) is 14.9. The summed E-state index contributed by atoms with van der Waals surface area (Å²) in [6.45, 7) is -0.199. The molecule has 1 fully saturated rings. The van der Waals surface area contributed by atoms with Crippen molar-refractivity contribution in [2.24, 2.45) is 0 Å². The Labute approximate surface area is 160 Å². The largest absolute Gasteiger partial charge is 0.484 e. The number of hydrogen-bond acceptors (Lipinski definition) is 3. The lowest BCUT2D eigenvalue weighted by atomic mass is 10.1. The molecule has 0 bridgehead atoms. The molecule has 2 amide bonds. The molecular weight excluding hydrogens is 373 g/mol. The Kier molecular flexibility index (Phi) is 5.87. The summed E-state index contributed by atoms with van der Waals surface area (Å²) >= 11 is 0. The predicted octanol–water partition coefficient (Wildman–Crippen LogP) is 3.00. The molecule has 0 saturated carbocycles. The highest BCUT2D eigenvalue weighted by Gasteiger charge is 2.35. The van der Waals surface area contributed by atoms with Gasteiger partial charge in [0.1, 0.15) is 5.75 Å². The minimum absolute atomic E-state index is 0.0303. The molecule has 0 aliphatic carbocycles. The van der Waals surface area contributed by atoms with Crippen LogP contribution < -0.4 is 10.1 Å². The highest BCUT2D eigenvalue weighted by molar-refractivity contribution is 5.82. The van der Waals surface area contributed by atoms with Crippen LogP contribution in [-0.4, -0.2) is 35.9 Å². The molecule has 148 valence electrons. The van der Waals surface area contributed by atoms with E-state index in [1.165, 1.54) is 23.1 Å². The Morgan fingerprint density at radius 3 is 2.50 bits per heavy atom. The van der Waals surface area contributed by atoms with Crippen molar-refractivity contribution in [1.29, 1.82) is 0 Å². The maximum absolute atomic E-state index is 13.1. The van der Waals surface area contributed by atoms with Gasteiger partial charge in [0, 0.05) is 19.5 Å². The van der Waals surface area contributed by atoms with Crippen molar-refractivity contribution in [2.75, 3.05) is 13.2 Å². The number of halogens is 3. The van der Waals surface area contributed by atoms with Crippen LogP contribution in [-0.2, 0) is 22.3 Å². The van der Waals surface area contributed by atoms with Gasteiger partial charge in [-0.1, -0.05) is 36.4 Å². The van der Waals surface area contributed by atoms with Gasteiger partial charge in [-0.3, -0.25) is 9.59 Å². The van der Waals surface area contributed by atoms with E-state index < -0.39 is 17.8 Å². The summed E-state index contributed by atoms with van der Waals surface area (Å²) in [6, 6.07) is 13.5. The van der Waals surface area contributed by atoms with Crippen LogP contribution in [0.15, 0.2) is 54.6 Å². The molecule has 28 heavy (non-hydrogen) atoms. The van der Waals surface area contributed by atoms with Gasteiger partial charge >= 0.3 is 6.18 Å². The number of rotatable bonds is 6. The fourth-order valence-electron chi connectivity index (χ4n) is 3.10. The third-order valence-electron chi connectivity index (χ3n) is 4.38. The number of benzene rings is 2. The lowest BCUT2D eigenvalue weighted by Gasteiger charge is -2.20. The molecule has 1 saturated heterocycles. The molecule has 1 N–H and O–H groups in total. The molecule has 1 aliphatic rings. The predicted molar refractivity (Wildman–Crippen MR) is 95.3 cm³/mol. The van der Waals surface area contributed by atoms with E-state index in [1.807, 2.05) is 6.07 Å². The van der Waals surface area contributed by atoms with Gasteiger partial charge in [-0.25, -0.2) is 0 Å². The van der Waals surface area contributed by atoms with Crippen molar-refractivity contribution in [3.8, 4) is 5.75 Å². The van der Waals surface area contributed by atoms with Crippen molar-refractivity contribution < 1.29 is 27.5 Å². The summed E-state index contributed by atoms with van der Waals surface area (Å²) < 4.78 is 44.7. The normalized spacial score (nSPS) is 16.9. The molecule has 1 unspecified atom stereocenters. The monoisotopic (exact) mass is 392 g/mol. The zero-order chi connectivity index (χ0) is 20.1. The van der Waals surface area contributed by atoms with Gasteiger partial charge in [0.05, 0.1) is 11.6 Å². The number of hydrogen-bond donors (Lipinski definition) is 1. The SMILES string of the molecule is O=C(COc1ccccc1)NC1CC(=O)N(Cc2ccccc2C(F)(F)F)C1. The van der Waals surface area contributed by atoms with E-state index in [1.54, 1.807) is 24.3 Å². The van der Waals surface area contributed by atoms with Crippen LogP contribution in [0.3, 0.4) is 0 Å². The summed E-state index contributed by atoms with van der Waals surface area (Å²) in [6.07, 6.45) is -4.44. The summed E-state index contributed by atoms with van der Waals surface area (Å²) in [5.74, 6) is -0.143. The average molecular weight is 392 g/mol. The van der Waals surface area contributed by atoms with Crippen LogP contribution in [0.25, 0.3) is 0 Å². The molecule has 3 rings (SSSR count). The Hall–Kier alpha value is -3.03. The fourth-order valence-corrected chi connectivity index (χ4v) is 3.10. The van der Waals surface area contributed by atoms with E-state index in [0.29, 0.717) is 5.75 Å². The highest BCUT2D eigenvalue weighted by atomic mass is 19.4. The lowest BCUT2D eigenvalue weighted by Crippen LogP contribution is -2.39. The second-order valence-electron chi connectivity index (χ2n) is 6.50. The first-order valence-corrected chi connectivity index (χ1v) is 8.73. The van der Waals surface area contributed by atoms with Crippen molar-refractivity contribution in [1.82, 2.24) is 10.2 Å². The topological polar surface area (TPSA) is 58.6 Å². The van der Waals surface area contributed by atoms with Crippen molar-refractivity contribution in [2.45, 2.75) is 25.2 Å². The molecule has 5 nitrogen and oxygen atoms in total. The Morgan fingerprint density at radius 1 is 1.11 bits per heavy atom. The van der Waals surface area contributed by atoms with Crippen LogP contribution in [0, 0.1) is 0 Å². The third-order valence-corrected chi connectivity index (χ3v) is 4.38. The van der Waals surface area contributed by atoms with Crippen LogP contribution in [0.5, 0.6) is 5.75 Å². The van der Waals surface area contributed by atoms with Crippen molar-refractivity contribution in [3.63, 3.8) is 0 Å². The molecule has 1 heterocycles. The minimum atomic E-state index is -4.48. The third kappa shape index (κ3) is 5.03. The van der Waals surface area contributed by atoms with E-state index in [0.717, 1.165) is 6.07 Å². The first-order chi connectivity index (χ1) is 13.3. The van der Waals surface area contributed by atoms with Crippen LogP contribution in [0.1, 0.15) is 17.5 Å². The van der Waals surface area contributed by atoms with Crippen molar-refractivity contribution >= 4 is 11.8 Å². The van der Waals surface area contributed by atoms with Gasteiger partial charge in [0.2, 0.25) is 5.91 Å². The molecule has 2 aromatic rings. The van der Waals surface area contributed by atoms with E-state index in [9.17, 15) is 22.8 Å². The zero-order valence-corrected chi connectivity index (χ0v) is 14.9. The van der Waals surface area contributed by atoms with Crippen LogP contribution in [0.2, 0.25) is 0 Å². The van der Waals surface area contributed by atoms with Gasteiger partial charge in [-0.05, 0) is 23.8 Å². The molecular formula is C20H19F3N2O3. The molecule has 8 heteroatoms. The Morgan fingerprint density at radius 2 is 1.79 bits per heavy atom. The smallest absolute Gasteiger partial charge is 0.416 e. The second-order valence-corrected chi connectivity index (χ2v) is 6.50. The quantitative estimate of drug-likeness (QED) is 0.822. The maximum atomic E-state index is 13.1. The lowest BCUT2D eigenvalue weighted by molar-refractivity contribution is -0.139. The molecule has 2 aromatic carbocycles. The van der Waals surface area contributed by atoms with E-state index in [4.69, 9.17) is 4.74 Å². The standard InChI is InChI=1S/C20H19F3N2O3/c21-20(22,23)17-9-5-4-6-14(17)11-25-12-15(10-19(25)27)24-18(26)13-28-16-7-2-1-3-8-16/h1-9,15H,10-13H2,(H,24,26). The van der Waals surface area contributed by atoms with Gasteiger partial charge in [-0.15, -0.1) is 0 Å². The number of likely N-dealkylation sites (tertiary alicyclic amines) is 1. The maximum Gasteiger partial charge on any atom is 0.416 e. The van der Waals surface area contributed by atoms with Crippen LogP contribution >= 0.6 is 0 Å². The highest BCUT2D eigenvalue weighted by Crippen LogP contribution is 2.32. The van der Waals surface area contributed by atoms with Gasteiger partial charge < -0.3 is 15.0 Å². The van der Waals surface area contributed by atoms with E-state index >= 15 is 0 Å². The number of carbonyl (C=O) groups excluding carboxylic acids is 2. The van der Waals surface area contributed by atoms with Crippen molar-refractivity contribution in [3.05, 3.63) is 65.7 Å². The first-order valence-electron chi connectivity index (χ1n) is 8.73. The minimum Gasteiger partial charge on any atom is -0.484 e. The van der Waals surface area contributed by atoms with Gasteiger partial charge in [-0.2, -0.15) is 13.2 Å². The number of carbonyl (C=O) groups is 2. The number of ether oxygens (including phenoxy) is 1. The van der Waals surface area contributed by atoms with Crippen LogP contribution in [0.4, 0.5) is 13.2 Å². The average Bonchev–Trinajstić information content (AvgIpc) is 2.99. The number of nitrogens with one attached hydrogen (secondary N) is 1. The Balaban J connectivity index is 1.55. The molecule has 1 aliphatic heterocycles. The Bertz CT molecular complexity index is 840. The first kappa shape index (κ1) is 19.7. The second kappa shape index (κ2) is 8.33. The molecule has 1 atom stereocenters. The number of amides is 2. The fraction of sp³-hybridized carbons (Fsp3) is 0.300. The molecule has 0 spiro atoms. The molecule has 0 aromatic heterocycles. The van der Waals surface area contributed by atoms with Gasteiger partial charge in [0.25, 0.3) is 5.91 Å². The van der Waals surface area contributed by atoms with Gasteiger partial charge in [0.15, 0.2) is 6.61 Å². The summed E-state index contributed by atoms with van der Waals surface area (Å²) in [7, 11) is 0. The number of para-hydroxylation sites is 1. The van der Waals surface area contributed by atoms with E-state index in [-0.39, 0.29) is 43.5 Å². The number of nitrogens with zero attached hydrogens (tertiary/aromatic N) is 1. The summed E-state index contributed by atoms with van der Waals surface area (Å²) in [5.41, 5.74) is -0.728. The number of alkyl halides is 3. The molecule has 0 radical (unpaired) electrons.